The third kappa shape index (κ3) is 3.35. The summed E-state index contributed by atoms with van der Waals surface area (Å²) in [6.07, 6.45) is 3.27. The van der Waals surface area contributed by atoms with Crippen LogP contribution in [0.25, 0.3) is 0 Å². The van der Waals surface area contributed by atoms with Crippen molar-refractivity contribution < 1.29 is 4.79 Å². The first-order chi connectivity index (χ1) is 12.1. The molecule has 1 aromatic heterocycles. The van der Waals surface area contributed by atoms with Crippen LogP contribution < -0.4 is 0 Å². The summed E-state index contributed by atoms with van der Waals surface area (Å²) < 4.78 is 0. The first-order valence-corrected chi connectivity index (χ1v) is 10.2. The number of halogens is 1. The zero-order valence-corrected chi connectivity index (χ0v) is 16.0. The number of piperidine rings is 1. The highest BCUT2D eigenvalue weighted by Crippen LogP contribution is 2.43. The number of benzene rings is 1. The monoisotopic (exact) mass is 374 g/mol. The molecule has 1 saturated heterocycles. The molecule has 0 bridgehead atoms. The second-order valence-electron chi connectivity index (χ2n) is 7.15. The van der Waals surface area contributed by atoms with E-state index in [0.717, 1.165) is 44.5 Å². The minimum atomic E-state index is 0.139. The molecule has 5 heteroatoms. The molecule has 2 aromatic rings. The van der Waals surface area contributed by atoms with Crippen molar-refractivity contribution in [2.75, 3.05) is 26.7 Å². The Labute approximate surface area is 158 Å². The predicted molar refractivity (Wildman–Crippen MR) is 103 cm³/mol. The molecule has 1 fully saturated rings. The van der Waals surface area contributed by atoms with Gasteiger partial charge in [-0.15, -0.1) is 11.3 Å². The number of hydrogen-bond donors (Lipinski definition) is 0. The molecule has 25 heavy (non-hydrogen) atoms. The number of likely N-dealkylation sites (tertiary alicyclic amines) is 1. The summed E-state index contributed by atoms with van der Waals surface area (Å²) in [5.74, 6) is 0.685. The van der Waals surface area contributed by atoms with Crippen LogP contribution in [0.5, 0.6) is 0 Å². The molecule has 1 amide bonds. The van der Waals surface area contributed by atoms with Crippen molar-refractivity contribution in [3.05, 3.63) is 56.7 Å². The fourth-order valence-electron chi connectivity index (χ4n) is 4.13. The highest BCUT2D eigenvalue weighted by Gasteiger charge is 2.38. The Morgan fingerprint density at radius 2 is 1.84 bits per heavy atom. The molecule has 1 unspecified atom stereocenters. The van der Waals surface area contributed by atoms with E-state index in [9.17, 15) is 4.79 Å². The van der Waals surface area contributed by atoms with Gasteiger partial charge in [-0.25, -0.2) is 0 Å². The molecular weight excluding hydrogens is 352 g/mol. The molecule has 1 aromatic carbocycles. The summed E-state index contributed by atoms with van der Waals surface area (Å²) in [6.45, 7) is 3.04. The van der Waals surface area contributed by atoms with Crippen LogP contribution in [0.1, 0.15) is 39.7 Å². The predicted octanol–water partition coefficient (Wildman–Crippen LogP) is 4.48. The van der Waals surface area contributed by atoms with Crippen molar-refractivity contribution in [2.24, 2.45) is 5.92 Å². The minimum absolute atomic E-state index is 0.139. The third-order valence-corrected chi connectivity index (χ3v) is 6.85. The number of carbonyl (C=O) groups is 1. The Kier molecular flexibility index (Phi) is 4.85. The molecule has 132 valence electrons. The van der Waals surface area contributed by atoms with E-state index in [1.54, 1.807) is 12.1 Å². The Hall–Kier alpha value is -1.36. The summed E-state index contributed by atoms with van der Waals surface area (Å²) in [7, 11) is 2.18. The molecular formula is C20H23ClN2OS. The van der Waals surface area contributed by atoms with Gasteiger partial charge in [0.2, 0.25) is 0 Å². The fraction of sp³-hybridized carbons (Fsp3) is 0.450. The van der Waals surface area contributed by atoms with Gasteiger partial charge in [0, 0.05) is 22.0 Å². The van der Waals surface area contributed by atoms with Gasteiger partial charge in [0.05, 0.1) is 6.04 Å². The molecule has 0 saturated carbocycles. The Morgan fingerprint density at radius 1 is 1.12 bits per heavy atom. The molecule has 0 N–H and O–H groups in total. The fourth-order valence-corrected chi connectivity index (χ4v) is 5.42. The SMILES string of the molecule is CN1CCC(C2c3sccc3CCN2C(=O)c2ccc(Cl)cc2)CC1. The topological polar surface area (TPSA) is 23.6 Å². The molecule has 2 aliphatic rings. The van der Waals surface area contributed by atoms with Crippen molar-refractivity contribution in [1.82, 2.24) is 9.80 Å². The second-order valence-corrected chi connectivity index (χ2v) is 8.54. The van der Waals surface area contributed by atoms with Gasteiger partial charge in [-0.2, -0.15) is 0 Å². The van der Waals surface area contributed by atoms with E-state index in [1.165, 1.54) is 10.4 Å². The molecule has 0 spiro atoms. The first kappa shape index (κ1) is 17.1. The molecule has 3 heterocycles. The van der Waals surface area contributed by atoms with Gasteiger partial charge in [0.1, 0.15) is 0 Å². The first-order valence-electron chi connectivity index (χ1n) is 8.95. The van der Waals surface area contributed by atoms with Crippen LogP contribution in [-0.4, -0.2) is 42.4 Å². The van der Waals surface area contributed by atoms with Crippen LogP contribution in [-0.2, 0) is 6.42 Å². The third-order valence-electron chi connectivity index (χ3n) is 5.57. The van der Waals surface area contributed by atoms with Crippen LogP contribution >= 0.6 is 22.9 Å². The number of hydrogen-bond acceptors (Lipinski definition) is 3. The van der Waals surface area contributed by atoms with E-state index < -0.39 is 0 Å². The van der Waals surface area contributed by atoms with Crippen LogP contribution in [0.4, 0.5) is 0 Å². The molecule has 4 rings (SSSR count). The van der Waals surface area contributed by atoms with Crippen molar-refractivity contribution in [3.63, 3.8) is 0 Å². The van der Waals surface area contributed by atoms with E-state index >= 15 is 0 Å². The van der Waals surface area contributed by atoms with Gasteiger partial charge in [-0.1, -0.05) is 11.6 Å². The summed E-state index contributed by atoms with van der Waals surface area (Å²) >= 11 is 7.81. The number of nitrogens with zero attached hydrogens (tertiary/aromatic N) is 2. The van der Waals surface area contributed by atoms with Crippen LogP contribution in [0.2, 0.25) is 5.02 Å². The summed E-state index contributed by atoms with van der Waals surface area (Å²) in [4.78, 5) is 19.2. The van der Waals surface area contributed by atoms with Crippen molar-refractivity contribution in [2.45, 2.75) is 25.3 Å². The molecule has 0 radical (unpaired) electrons. The average molecular weight is 375 g/mol. The highest BCUT2D eigenvalue weighted by atomic mass is 35.5. The van der Waals surface area contributed by atoms with Crippen molar-refractivity contribution in [1.29, 1.82) is 0 Å². The Morgan fingerprint density at radius 3 is 2.56 bits per heavy atom. The Bertz CT molecular complexity index is 749. The van der Waals surface area contributed by atoms with Gasteiger partial charge in [0.15, 0.2) is 0 Å². The summed E-state index contributed by atoms with van der Waals surface area (Å²) in [6, 6.07) is 9.77. The van der Waals surface area contributed by atoms with E-state index in [-0.39, 0.29) is 11.9 Å². The molecule has 1 atom stereocenters. The zero-order valence-electron chi connectivity index (χ0n) is 14.5. The maximum atomic E-state index is 13.2. The van der Waals surface area contributed by atoms with Gasteiger partial charge < -0.3 is 9.80 Å². The maximum absolute atomic E-state index is 13.2. The lowest BCUT2D eigenvalue weighted by Crippen LogP contribution is -2.45. The van der Waals surface area contributed by atoms with E-state index in [1.807, 2.05) is 23.5 Å². The Balaban J connectivity index is 1.65. The number of fused-ring (bicyclic) bond motifs is 1. The number of thiophene rings is 1. The number of carbonyl (C=O) groups excluding carboxylic acids is 1. The standard InChI is InChI=1S/C20H23ClN2OS/c1-22-10-6-14(7-11-22)18-19-15(9-13-25-19)8-12-23(18)20(24)16-2-4-17(21)5-3-16/h2-5,9,13-14,18H,6-8,10-12H2,1H3. The maximum Gasteiger partial charge on any atom is 0.254 e. The zero-order chi connectivity index (χ0) is 17.4. The lowest BCUT2D eigenvalue weighted by molar-refractivity contribution is 0.0510. The largest absolute Gasteiger partial charge is 0.330 e. The summed E-state index contributed by atoms with van der Waals surface area (Å²) in [5.41, 5.74) is 2.18. The number of amides is 1. The lowest BCUT2D eigenvalue weighted by Gasteiger charge is -2.43. The quantitative estimate of drug-likeness (QED) is 0.773. The molecule has 0 aliphatic carbocycles. The van der Waals surface area contributed by atoms with Crippen LogP contribution in [0, 0.1) is 5.92 Å². The second kappa shape index (κ2) is 7.10. The molecule has 3 nitrogen and oxygen atoms in total. The van der Waals surface area contributed by atoms with Gasteiger partial charge >= 0.3 is 0 Å². The highest BCUT2D eigenvalue weighted by molar-refractivity contribution is 7.10. The van der Waals surface area contributed by atoms with Crippen molar-refractivity contribution >= 4 is 28.8 Å². The summed E-state index contributed by atoms with van der Waals surface area (Å²) in [5, 5.41) is 2.85. The van der Waals surface area contributed by atoms with Gasteiger partial charge in [-0.3, -0.25) is 4.79 Å². The van der Waals surface area contributed by atoms with Gasteiger partial charge in [0.25, 0.3) is 5.91 Å². The molecule has 2 aliphatic heterocycles. The lowest BCUT2D eigenvalue weighted by atomic mass is 9.84. The average Bonchev–Trinajstić information content (AvgIpc) is 3.10. The van der Waals surface area contributed by atoms with Gasteiger partial charge in [-0.05, 0) is 86.6 Å². The normalized spacial score (nSPS) is 22.0. The minimum Gasteiger partial charge on any atom is -0.330 e. The van der Waals surface area contributed by atoms with E-state index in [4.69, 9.17) is 11.6 Å². The van der Waals surface area contributed by atoms with E-state index in [2.05, 4.69) is 28.3 Å². The van der Waals surface area contributed by atoms with Crippen LogP contribution in [0.3, 0.4) is 0 Å². The van der Waals surface area contributed by atoms with Crippen LogP contribution in [0.15, 0.2) is 35.7 Å². The van der Waals surface area contributed by atoms with Crippen molar-refractivity contribution in [3.8, 4) is 0 Å². The number of rotatable bonds is 2. The smallest absolute Gasteiger partial charge is 0.254 e. The van der Waals surface area contributed by atoms with E-state index in [0.29, 0.717) is 10.9 Å².